The second-order valence-electron chi connectivity index (χ2n) is 2.69. The molecule has 3 N–H and O–H groups in total. The van der Waals surface area contributed by atoms with Crippen molar-refractivity contribution in [2.45, 2.75) is 19.9 Å². The Morgan fingerprint density at radius 3 is 3.07 bits per heavy atom. The number of carbonyl (C=O) groups is 1. The zero-order valence-electron chi connectivity index (χ0n) is 8.11. The molecule has 0 spiro atoms. The minimum Gasteiger partial charge on any atom is -0.464 e. The van der Waals surface area contributed by atoms with E-state index < -0.39 is 6.04 Å². The first-order valence-electron chi connectivity index (χ1n) is 4.28. The van der Waals surface area contributed by atoms with E-state index in [1.165, 1.54) is 11.3 Å². The Bertz CT molecular complexity index is 313. The molecule has 0 fully saturated rings. The van der Waals surface area contributed by atoms with Gasteiger partial charge >= 0.3 is 5.97 Å². The molecule has 0 saturated heterocycles. The quantitative estimate of drug-likeness (QED) is 0.735. The van der Waals surface area contributed by atoms with Gasteiger partial charge in [-0.15, -0.1) is 0 Å². The van der Waals surface area contributed by atoms with Crippen LogP contribution in [-0.2, 0) is 9.53 Å². The van der Waals surface area contributed by atoms with Crippen LogP contribution in [0.3, 0.4) is 0 Å². The van der Waals surface area contributed by atoms with Crippen molar-refractivity contribution in [2.75, 3.05) is 17.7 Å². The summed E-state index contributed by atoms with van der Waals surface area (Å²) in [5, 5.41) is 4.14. The number of ether oxygens (including phenoxy) is 1. The lowest BCUT2D eigenvalue weighted by Crippen LogP contribution is -2.27. The Morgan fingerprint density at radius 1 is 1.86 bits per heavy atom. The van der Waals surface area contributed by atoms with Crippen molar-refractivity contribution in [3.63, 3.8) is 0 Å². The van der Waals surface area contributed by atoms with E-state index in [4.69, 9.17) is 10.5 Å². The second-order valence-corrected chi connectivity index (χ2v) is 3.75. The summed E-state index contributed by atoms with van der Waals surface area (Å²) in [4.78, 5) is 15.2. The highest BCUT2D eigenvalue weighted by molar-refractivity contribution is 7.19. The standard InChI is InChI=1S/C8H13N3O2S/c1-3-13-7(12)5(2)11-8-10-4-6(9)14-8/h4-5H,3,9H2,1-2H3,(H,10,11). The highest BCUT2D eigenvalue weighted by Gasteiger charge is 2.14. The minimum atomic E-state index is -0.402. The van der Waals surface area contributed by atoms with Gasteiger partial charge in [0.15, 0.2) is 5.13 Å². The second kappa shape index (κ2) is 4.80. The Kier molecular flexibility index (Phi) is 3.70. The first-order chi connectivity index (χ1) is 6.63. The van der Waals surface area contributed by atoms with Crippen molar-refractivity contribution in [1.82, 2.24) is 4.98 Å². The van der Waals surface area contributed by atoms with Crippen molar-refractivity contribution < 1.29 is 9.53 Å². The molecule has 14 heavy (non-hydrogen) atoms. The topological polar surface area (TPSA) is 77.2 Å². The predicted molar refractivity (Wildman–Crippen MR) is 56.2 cm³/mol. The van der Waals surface area contributed by atoms with Gasteiger partial charge in [0.2, 0.25) is 0 Å². The number of nitrogens with two attached hydrogens (primary N) is 1. The maximum absolute atomic E-state index is 11.2. The van der Waals surface area contributed by atoms with Crippen molar-refractivity contribution in [2.24, 2.45) is 0 Å². The van der Waals surface area contributed by atoms with Gasteiger partial charge < -0.3 is 15.8 Å². The number of rotatable bonds is 4. The smallest absolute Gasteiger partial charge is 0.328 e. The average Bonchev–Trinajstić information content (AvgIpc) is 2.51. The normalized spacial score (nSPS) is 12.1. The molecule has 1 atom stereocenters. The zero-order chi connectivity index (χ0) is 10.6. The van der Waals surface area contributed by atoms with Crippen LogP contribution in [0.25, 0.3) is 0 Å². The first-order valence-corrected chi connectivity index (χ1v) is 5.09. The molecule has 1 aromatic rings. The third kappa shape index (κ3) is 2.88. The fourth-order valence-corrected chi connectivity index (χ4v) is 1.53. The summed E-state index contributed by atoms with van der Waals surface area (Å²) < 4.78 is 4.83. The van der Waals surface area contributed by atoms with E-state index in [9.17, 15) is 4.79 Å². The molecule has 0 radical (unpaired) electrons. The van der Waals surface area contributed by atoms with Crippen molar-refractivity contribution in [3.8, 4) is 0 Å². The number of carbonyl (C=O) groups excluding carboxylic acids is 1. The molecule has 5 nitrogen and oxygen atoms in total. The van der Waals surface area contributed by atoms with Gasteiger partial charge in [-0.2, -0.15) is 0 Å². The number of nitrogens with one attached hydrogen (secondary N) is 1. The van der Waals surface area contributed by atoms with Crippen molar-refractivity contribution >= 4 is 27.4 Å². The molecular formula is C8H13N3O2S. The summed E-state index contributed by atoms with van der Waals surface area (Å²) in [6, 6.07) is -0.402. The summed E-state index contributed by atoms with van der Waals surface area (Å²) in [6.45, 7) is 3.87. The molecule has 1 unspecified atom stereocenters. The Morgan fingerprint density at radius 2 is 2.57 bits per heavy atom. The largest absolute Gasteiger partial charge is 0.464 e. The van der Waals surface area contributed by atoms with Crippen molar-refractivity contribution in [1.29, 1.82) is 0 Å². The van der Waals surface area contributed by atoms with Crippen LogP contribution in [0.15, 0.2) is 6.20 Å². The molecule has 6 heteroatoms. The lowest BCUT2D eigenvalue weighted by atomic mass is 10.3. The number of nitrogens with zero attached hydrogens (tertiary/aromatic N) is 1. The van der Waals surface area contributed by atoms with Gasteiger partial charge in [-0.05, 0) is 13.8 Å². The van der Waals surface area contributed by atoms with E-state index in [1.54, 1.807) is 20.0 Å². The number of anilines is 2. The lowest BCUT2D eigenvalue weighted by molar-refractivity contribution is -0.143. The summed E-state index contributed by atoms with van der Waals surface area (Å²) >= 11 is 1.30. The van der Waals surface area contributed by atoms with Crippen molar-refractivity contribution in [3.05, 3.63) is 6.20 Å². The maximum atomic E-state index is 11.2. The third-order valence-electron chi connectivity index (χ3n) is 1.50. The minimum absolute atomic E-state index is 0.290. The van der Waals surface area contributed by atoms with E-state index in [0.29, 0.717) is 16.7 Å². The van der Waals surface area contributed by atoms with Gasteiger partial charge in [0.05, 0.1) is 12.8 Å². The van der Waals surface area contributed by atoms with E-state index >= 15 is 0 Å². The monoisotopic (exact) mass is 215 g/mol. The molecule has 1 rings (SSSR count). The molecule has 0 aromatic carbocycles. The van der Waals surface area contributed by atoms with Gasteiger partial charge in [0.1, 0.15) is 11.0 Å². The number of aromatic nitrogens is 1. The number of hydrogen-bond acceptors (Lipinski definition) is 6. The molecule has 78 valence electrons. The van der Waals surface area contributed by atoms with E-state index in [0.717, 1.165) is 0 Å². The zero-order valence-corrected chi connectivity index (χ0v) is 8.93. The molecule has 0 bridgehead atoms. The number of nitrogen functional groups attached to an aromatic ring is 1. The van der Waals surface area contributed by atoms with Crippen LogP contribution in [-0.4, -0.2) is 23.6 Å². The predicted octanol–water partition coefficient (Wildman–Crippen LogP) is 1.09. The summed E-state index contributed by atoms with van der Waals surface area (Å²) in [6.07, 6.45) is 1.55. The molecule has 0 amide bonds. The number of thiazole rings is 1. The average molecular weight is 215 g/mol. The maximum Gasteiger partial charge on any atom is 0.328 e. The van der Waals surface area contributed by atoms with Gasteiger partial charge in [-0.25, -0.2) is 9.78 Å². The van der Waals surface area contributed by atoms with Crippen LogP contribution in [0.5, 0.6) is 0 Å². The van der Waals surface area contributed by atoms with E-state index in [1.807, 2.05) is 0 Å². The summed E-state index contributed by atoms with van der Waals surface area (Å²) in [5.41, 5.74) is 5.49. The highest BCUT2D eigenvalue weighted by atomic mass is 32.1. The van der Waals surface area contributed by atoms with Crippen LogP contribution in [0.2, 0.25) is 0 Å². The van der Waals surface area contributed by atoms with Gasteiger partial charge in [-0.1, -0.05) is 11.3 Å². The van der Waals surface area contributed by atoms with Crippen LogP contribution < -0.4 is 11.1 Å². The summed E-state index contributed by atoms with van der Waals surface area (Å²) in [7, 11) is 0. The molecule has 0 aliphatic rings. The van der Waals surface area contributed by atoms with E-state index in [2.05, 4.69) is 10.3 Å². The van der Waals surface area contributed by atoms with Crippen LogP contribution in [0, 0.1) is 0 Å². The first kappa shape index (κ1) is 10.8. The molecule has 1 aromatic heterocycles. The van der Waals surface area contributed by atoms with Crippen LogP contribution in [0.4, 0.5) is 10.1 Å². The number of esters is 1. The molecule has 0 aliphatic carbocycles. The van der Waals surface area contributed by atoms with Gasteiger partial charge in [0.25, 0.3) is 0 Å². The molecule has 0 aliphatic heterocycles. The lowest BCUT2D eigenvalue weighted by Gasteiger charge is -2.10. The van der Waals surface area contributed by atoms with Crippen LogP contribution >= 0.6 is 11.3 Å². The summed E-state index contributed by atoms with van der Waals surface area (Å²) in [5.74, 6) is -0.290. The molecular weight excluding hydrogens is 202 g/mol. The van der Waals surface area contributed by atoms with E-state index in [-0.39, 0.29) is 5.97 Å². The fourth-order valence-electron chi connectivity index (χ4n) is 0.865. The van der Waals surface area contributed by atoms with Gasteiger partial charge in [-0.3, -0.25) is 0 Å². The Balaban J connectivity index is 2.48. The Labute approximate surface area is 86.3 Å². The fraction of sp³-hybridized carbons (Fsp3) is 0.500. The number of hydrogen-bond donors (Lipinski definition) is 2. The van der Waals surface area contributed by atoms with Crippen LogP contribution in [0.1, 0.15) is 13.8 Å². The Hall–Kier alpha value is -1.30. The third-order valence-corrected chi connectivity index (χ3v) is 2.26. The molecule has 1 heterocycles. The van der Waals surface area contributed by atoms with Gasteiger partial charge in [0, 0.05) is 0 Å². The SMILES string of the molecule is CCOC(=O)C(C)Nc1ncc(N)s1. The highest BCUT2D eigenvalue weighted by Crippen LogP contribution is 2.20. The molecule has 0 saturated carbocycles.